The third-order valence-corrected chi connectivity index (χ3v) is 4.38. The lowest BCUT2D eigenvalue weighted by Gasteiger charge is -2.36. The highest BCUT2D eigenvalue weighted by Gasteiger charge is 2.34. The van der Waals surface area contributed by atoms with Gasteiger partial charge in [0.15, 0.2) is 5.78 Å². The van der Waals surface area contributed by atoms with Gasteiger partial charge in [0, 0.05) is 24.2 Å². The van der Waals surface area contributed by atoms with E-state index in [0.29, 0.717) is 12.1 Å². The zero-order chi connectivity index (χ0) is 14.9. The number of amides is 2. The third-order valence-electron chi connectivity index (χ3n) is 4.38. The van der Waals surface area contributed by atoms with Crippen LogP contribution >= 0.6 is 0 Å². The fourth-order valence-electron chi connectivity index (χ4n) is 2.89. The number of aryl methyl sites for hydroxylation is 1. The Kier molecular flexibility index (Phi) is 3.68. The molecule has 2 aliphatic rings. The predicted octanol–water partition coefficient (Wildman–Crippen LogP) is 2.24. The number of benzene rings is 1. The molecule has 2 aliphatic carbocycles. The van der Waals surface area contributed by atoms with Crippen LogP contribution in [0.1, 0.15) is 48.0 Å². The lowest BCUT2D eigenvalue weighted by atomic mass is 9.80. The molecule has 5 heteroatoms. The summed E-state index contributed by atoms with van der Waals surface area (Å²) in [5.74, 6) is 0.143. The second kappa shape index (κ2) is 5.48. The maximum atomic E-state index is 11.9. The second-order valence-corrected chi connectivity index (χ2v) is 6.03. The van der Waals surface area contributed by atoms with Crippen LogP contribution < -0.4 is 10.6 Å². The van der Waals surface area contributed by atoms with Crippen LogP contribution in [-0.4, -0.2) is 29.1 Å². The quantitative estimate of drug-likeness (QED) is 0.798. The Morgan fingerprint density at radius 2 is 2.05 bits per heavy atom. The van der Waals surface area contributed by atoms with Crippen molar-refractivity contribution >= 4 is 17.5 Å². The van der Waals surface area contributed by atoms with Gasteiger partial charge in [-0.05, 0) is 49.8 Å². The molecule has 2 amide bonds. The number of hydrogen-bond donors (Lipinski definition) is 3. The molecule has 1 aromatic rings. The number of anilines is 1. The van der Waals surface area contributed by atoms with Gasteiger partial charge in [-0.2, -0.15) is 0 Å². The molecular weight excluding hydrogens is 268 g/mol. The zero-order valence-corrected chi connectivity index (χ0v) is 11.9. The molecule has 1 fully saturated rings. The molecule has 0 aromatic heterocycles. The molecule has 3 rings (SSSR count). The number of carbonyl (C=O) groups is 2. The Bertz CT molecular complexity index is 579. The Morgan fingerprint density at radius 3 is 2.76 bits per heavy atom. The second-order valence-electron chi connectivity index (χ2n) is 6.03. The Hall–Kier alpha value is -1.88. The highest BCUT2D eigenvalue weighted by molar-refractivity contribution is 6.00. The van der Waals surface area contributed by atoms with Crippen molar-refractivity contribution in [1.29, 1.82) is 0 Å². The minimum Gasteiger partial charge on any atom is -0.388 e. The van der Waals surface area contributed by atoms with Crippen LogP contribution in [0.25, 0.3) is 0 Å². The van der Waals surface area contributed by atoms with Crippen molar-refractivity contribution in [2.45, 2.75) is 44.1 Å². The number of fused-ring (bicyclic) bond motifs is 1. The van der Waals surface area contributed by atoms with Crippen molar-refractivity contribution in [3.8, 4) is 0 Å². The lowest BCUT2D eigenvalue weighted by molar-refractivity contribution is -0.0287. The molecule has 0 radical (unpaired) electrons. The van der Waals surface area contributed by atoms with E-state index in [2.05, 4.69) is 10.6 Å². The van der Waals surface area contributed by atoms with Gasteiger partial charge in [-0.25, -0.2) is 4.79 Å². The molecule has 0 spiro atoms. The highest BCUT2D eigenvalue weighted by Crippen LogP contribution is 2.30. The molecule has 112 valence electrons. The number of nitrogens with one attached hydrogen (secondary N) is 2. The molecule has 0 saturated heterocycles. The summed E-state index contributed by atoms with van der Waals surface area (Å²) in [7, 11) is 0. The first-order valence-corrected chi connectivity index (χ1v) is 7.49. The Balaban J connectivity index is 1.61. The van der Waals surface area contributed by atoms with Crippen LogP contribution in [0.15, 0.2) is 18.2 Å². The van der Waals surface area contributed by atoms with E-state index in [1.807, 2.05) is 12.1 Å². The van der Waals surface area contributed by atoms with Crippen molar-refractivity contribution in [2.75, 3.05) is 11.9 Å². The van der Waals surface area contributed by atoms with Crippen LogP contribution in [0.4, 0.5) is 10.5 Å². The SMILES string of the molecule is O=C(NCC1(O)CCC1)Nc1ccc2c(c1)C(=O)CCC2. The molecule has 0 aliphatic heterocycles. The summed E-state index contributed by atoms with van der Waals surface area (Å²) in [5.41, 5.74) is 1.66. The van der Waals surface area contributed by atoms with Crippen molar-refractivity contribution in [2.24, 2.45) is 0 Å². The number of ketones is 1. The van der Waals surface area contributed by atoms with Crippen molar-refractivity contribution < 1.29 is 14.7 Å². The summed E-state index contributed by atoms with van der Waals surface area (Å²) in [6.07, 6.45) is 4.88. The number of hydrogen-bond acceptors (Lipinski definition) is 3. The third kappa shape index (κ3) is 3.08. The molecule has 0 heterocycles. The van der Waals surface area contributed by atoms with E-state index in [4.69, 9.17) is 0 Å². The van der Waals surface area contributed by atoms with Gasteiger partial charge in [-0.3, -0.25) is 4.79 Å². The summed E-state index contributed by atoms with van der Waals surface area (Å²) >= 11 is 0. The number of carbonyl (C=O) groups excluding carboxylic acids is 2. The van der Waals surface area contributed by atoms with Crippen molar-refractivity contribution in [3.05, 3.63) is 29.3 Å². The molecule has 1 aromatic carbocycles. The maximum absolute atomic E-state index is 11.9. The van der Waals surface area contributed by atoms with Gasteiger partial charge < -0.3 is 15.7 Å². The van der Waals surface area contributed by atoms with E-state index in [9.17, 15) is 14.7 Å². The van der Waals surface area contributed by atoms with E-state index in [1.54, 1.807) is 6.07 Å². The molecule has 3 N–H and O–H groups in total. The highest BCUT2D eigenvalue weighted by atomic mass is 16.3. The minimum atomic E-state index is -0.733. The molecule has 5 nitrogen and oxygen atoms in total. The molecule has 0 atom stereocenters. The summed E-state index contributed by atoms with van der Waals surface area (Å²) in [6, 6.07) is 5.11. The maximum Gasteiger partial charge on any atom is 0.319 e. The predicted molar refractivity (Wildman–Crippen MR) is 79.5 cm³/mol. The van der Waals surface area contributed by atoms with Crippen LogP contribution in [-0.2, 0) is 6.42 Å². The first-order chi connectivity index (χ1) is 10.1. The number of aliphatic hydroxyl groups is 1. The first kappa shape index (κ1) is 14.1. The van der Waals surface area contributed by atoms with Crippen molar-refractivity contribution in [3.63, 3.8) is 0 Å². The van der Waals surface area contributed by atoms with Gasteiger partial charge in [0.2, 0.25) is 0 Å². The van der Waals surface area contributed by atoms with E-state index >= 15 is 0 Å². The summed E-state index contributed by atoms with van der Waals surface area (Å²) in [5, 5.41) is 15.3. The van der Waals surface area contributed by atoms with Gasteiger partial charge in [-0.15, -0.1) is 0 Å². The van der Waals surface area contributed by atoms with Gasteiger partial charge in [0.1, 0.15) is 0 Å². The molecule has 21 heavy (non-hydrogen) atoms. The molecule has 0 bridgehead atoms. The van der Waals surface area contributed by atoms with Crippen LogP contribution in [0.3, 0.4) is 0 Å². The van der Waals surface area contributed by atoms with Crippen molar-refractivity contribution in [1.82, 2.24) is 5.32 Å². The topological polar surface area (TPSA) is 78.4 Å². The normalized spacial score (nSPS) is 19.4. The van der Waals surface area contributed by atoms with E-state index in [0.717, 1.165) is 43.2 Å². The van der Waals surface area contributed by atoms with Gasteiger partial charge in [-0.1, -0.05) is 6.07 Å². The smallest absolute Gasteiger partial charge is 0.319 e. The molecule has 0 unspecified atom stereocenters. The average molecular weight is 288 g/mol. The van der Waals surface area contributed by atoms with Crippen LogP contribution in [0.5, 0.6) is 0 Å². The largest absolute Gasteiger partial charge is 0.388 e. The summed E-state index contributed by atoms with van der Waals surface area (Å²) in [6.45, 7) is 0.267. The number of Topliss-reactive ketones (excluding diaryl/α,β-unsaturated/α-hetero) is 1. The fourth-order valence-corrected chi connectivity index (χ4v) is 2.89. The van der Waals surface area contributed by atoms with Crippen LogP contribution in [0, 0.1) is 0 Å². The summed E-state index contributed by atoms with van der Waals surface area (Å²) in [4.78, 5) is 23.7. The number of urea groups is 1. The van der Waals surface area contributed by atoms with Gasteiger partial charge >= 0.3 is 6.03 Å². The lowest BCUT2D eigenvalue weighted by Crippen LogP contribution is -2.48. The standard InChI is InChI=1S/C16H20N2O3/c19-14-4-1-3-11-5-6-12(9-13(11)14)18-15(20)17-10-16(21)7-2-8-16/h5-6,9,21H,1-4,7-8,10H2,(H2,17,18,20). The fraction of sp³-hybridized carbons (Fsp3) is 0.500. The van der Waals surface area contributed by atoms with E-state index in [-0.39, 0.29) is 18.4 Å². The van der Waals surface area contributed by atoms with Gasteiger partial charge in [0.25, 0.3) is 0 Å². The molecular formula is C16H20N2O3. The van der Waals surface area contributed by atoms with E-state index in [1.165, 1.54) is 0 Å². The minimum absolute atomic E-state index is 0.143. The first-order valence-electron chi connectivity index (χ1n) is 7.49. The monoisotopic (exact) mass is 288 g/mol. The summed E-state index contributed by atoms with van der Waals surface area (Å²) < 4.78 is 0. The Labute approximate surface area is 123 Å². The van der Waals surface area contributed by atoms with Gasteiger partial charge in [0.05, 0.1) is 5.60 Å². The van der Waals surface area contributed by atoms with E-state index < -0.39 is 5.60 Å². The average Bonchev–Trinajstić information content (AvgIpc) is 2.44. The Morgan fingerprint density at radius 1 is 1.24 bits per heavy atom. The number of rotatable bonds is 3. The van der Waals surface area contributed by atoms with Crippen LogP contribution in [0.2, 0.25) is 0 Å². The zero-order valence-electron chi connectivity index (χ0n) is 11.9. The molecule has 1 saturated carbocycles.